The molecule has 0 aromatic heterocycles. The summed E-state index contributed by atoms with van der Waals surface area (Å²) in [4.78, 5) is 0. The predicted molar refractivity (Wildman–Crippen MR) is 89.7 cm³/mol. The SMILES string of the molecule is CCCC1CCC(NCc2ccccc2OC(C)C)CC1. The molecule has 0 atom stereocenters. The van der Waals surface area contributed by atoms with Gasteiger partial charge in [0.15, 0.2) is 0 Å². The van der Waals surface area contributed by atoms with Crippen LogP contribution >= 0.6 is 0 Å². The van der Waals surface area contributed by atoms with Gasteiger partial charge in [0.25, 0.3) is 0 Å². The van der Waals surface area contributed by atoms with Crippen molar-refractivity contribution in [2.45, 2.75) is 78.0 Å². The van der Waals surface area contributed by atoms with Gasteiger partial charge in [0.1, 0.15) is 5.75 Å². The van der Waals surface area contributed by atoms with Crippen LogP contribution in [-0.2, 0) is 6.54 Å². The molecule has 1 fully saturated rings. The quantitative estimate of drug-likeness (QED) is 0.769. The average Bonchev–Trinajstić information content (AvgIpc) is 2.48. The van der Waals surface area contributed by atoms with Gasteiger partial charge in [0.2, 0.25) is 0 Å². The van der Waals surface area contributed by atoms with Crippen LogP contribution < -0.4 is 10.1 Å². The van der Waals surface area contributed by atoms with E-state index < -0.39 is 0 Å². The van der Waals surface area contributed by atoms with Gasteiger partial charge in [0, 0.05) is 18.2 Å². The van der Waals surface area contributed by atoms with Crippen molar-refractivity contribution in [2.24, 2.45) is 5.92 Å². The molecule has 1 aromatic carbocycles. The van der Waals surface area contributed by atoms with Gasteiger partial charge in [-0.2, -0.15) is 0 Å². The van der Waals surface area contributed by atoms with Crippen LogP contribution in [-0.4, -0.2) is 12.1 Å². The molecule has 1 aliphatic rings. The second kappa shape index (κ2) is 8.43. The summed E-state index contributed by atoms with van der Waals surface area (Å²) in [5.74, 6) is 2.00. The molecule has 0 amide bonds. The number of benzene rings is 1. The number of ether oxygens (including phenoxy) is 1. The first-order chi connectivity index (χ1) is 10.2. The number of nitrogens with one attached hydrogen (secondary N) is 1. The topological polar surface area (TPSA) is 21.3 Å². The highest BCUT2D eigenvalue weighted by molar-refractivity contribution is 5.33. The van der Waals surface area contributed by atoms with Gasteiger partial charge < -0.3 is 10.1 Å². The fourth-order valence-corrected chi connectivity index (χ4v) is 3.34. The van der Waals surface area contributed by atoms with E-state index in [1.165, 1.54) is 44.1 Å². The van der Waals surface area contributed by atoms with Crippen LogP contribution in [0.25, 0.3) is 0 Å². The molecule has 118 valence electrons. The lowest BCUT2D eigenvalue weighted by atomic mass is 9.83. The van der Waals surface area contributed by atoms with E-state index in [4.69, 9.17) is 4.74 Å². The van der Waals surface area contributed by atoms with Crippen molar-refractivity contribution in [3.8, 4) is 5.75 Å². The Bertz CT molecular complexity index is 408. The van der Waals surface area contributed by atoms with Crippen molar-refractivity contribution in [2.75, 3.05) is 0 Å². The molecular formula is C19H31NO. The normalized spacial score (nSPS) is 22.5. The monoisotopic (exact) mass is 289 g/mol. The number of hydrogen-bond acceptors (Lipinski definition) is 2. The van der Waals surface area contributed by atoms with Crippen LogP contribution in [0.5, 0.6) is 5.75 Å². The van der Waals surface area contributed by atoms with E-state index in [0.29, 0.717) is 6.04 Å². The van der Waals surface area contributed by atoms with Crippen LogP contribution in [0.3, 0.4) is 0 Å². The van der Waals surface area contributed by atoms with Crippen molar-refractivity contribution in [1.82, 2.24) is 5.32 Å². The van der Waals surface area contributed by atoms with E-state index >= 15 is 0 Å². The second-order valence-corrected chi connectivity index (χ2v) is 6.66. The lowest BCUT2D eigenvalue weighted by Crippen LogP contribution is -2.32. The van der Waals surface area contributed by atoms with Crippen LogP contribution in [0.15, 0.2) is 24.3 Å². The highest BCUT2D eigenvalue weighted by atomic mass is 16.5. The van der Waals surface area contributed by atoms with E-state index in [2.05, 4.69) is 50.4 Å². The molecule has 1 N–H and O–H groups in total. The first kappa shape index (κ1) is 16.4. The zero-order valence-electron chi connectivity index (χ0n) is 13.9. The Kier molecular flexibility index (Phi) is 6.56. The Morgan fingerprint density at radius 1 is 1.14 bits per heavy atom. The van der Waals surface area contributed by atoms with E-state index in [9.17, 15) is 0 Å². The maximum absolute atomic E-state index is 5.89. The van der Waals surface area contributed by atoms with E-state index in [-0.39, 0.29) is 6.10 Å². The highest BCUT2D eigenvalue weighted by Gasteiger charge is 2.20. The van der Waals surface area contributed by atoms with Crippen LogP contribution in [0.4, 0.5) is 0 Å². The Morgan fingerprint density at radius 3 is 2.52 bits per heavy atom. The van der Waals surface area contributed by atoms with E-state index in [1.54, 1.807) is 0 Å². The molecular weight excluding hydrogens is 258 g/mol. The summed E-state index contributed by atoms with van der Waals surface area (Å²) in [6.45, 7) is 7.39. The lowest BCUT2D eigenvalue weighted by molar-refractivity contribution is 0.237. The maximum atomic E-state index is 5.89. The van der Waals surface area contributed by atoms with Crippen LogP contribution in [0.2, 0.25) is 0 Å². The third kappa shape index (κ3) is 5.35. The van der Waals surface area contributed by atoms with Gasteiger partial charge >= 0.3 is 0 Å². The fraction of sp³-hybridized carbons (Fsp3) is 0.684. The Balaban J connectivity index is 1.81. The molecule has 2 nitrogen and oxygen atoms in total. The van der Waals surface area contributed by atoms with Crippen molar-refractivity contribution < 1.29 is 4.74 Å². The highest BCUT2D eigenvalue weighted by Crippen LogP contribution is 2.28. The van der Waals surface area contributed by atoms with Crippen molar-refractivity contribution in [3.05, 3.63) is 29.8 Å². The van der Waals surface area contributed by atoms with Gasteiger partial charge in [-0.15, -0.1) is 0 Å². The molecule has 0 heterocycles. The largest absolute Gasteiger partial charge is 0.491 e. The van der Waals surface area contributed by atoms with Gasteiger partial charge in [-0.1, -0.05) is 38.0 Å². The molecule has 0 aliphatic heterocycles. The van der Waals surface area contributed by atoms with Gasteiger partial charge in [-0.05, 0) is 51.5 Å². The smallest absolute Gasteiger partial charge is 0.124 e. The minimum Gasteiger partial charge on any atom is -0.491 e. The first-order valence-corrected chi connectivity index (χ1v) is 8.67. The zero-order valence-corrected chi connectivity index (χ0v) is 13.9. The molecule has 21 heavy (non-hydrogen) atoms. The summed E-state index contributed by atoms with van der Waals surface area (Å²) >= 11 is 0. The summed E-state index contributed by atoms with van der Waals surface area (Å²) in [5.41, 5.74) is 1.28. The number of hydrogen-bond donors (Lipinski definition) is 1. The molecule has 1 saturated carbocycles. The first-order valence-electron chi connectivity index (χ1n) is 8.67. The third-order valence-electron chi connectivity index (χ3n) is 4.46. The molecule has 2 heteroatoms. The molecule has 0 saturated heterocycles. The summed E-state index contributed by atoms with van der Waals surface area (Å²) in [6.07, 6.45) is 8.44. The van der Waals surface area contributed by atoms with Crippen molar-refractivity contribution >= 4 is 0 Å². The second-order valence-electron chi connectivity index (χ2n) is 6.66. The van der Waals surface area contributed by atoms with Crippen molar-refractivity contribution in [1.29, 1.82) is 0 Å². The molecule has 0 spiro atoms. The lowest BCUT2D eigenvalue weighted by Gasteiger charge is -2.29. The minimum absolute atomic E-state index is 0.232. The van der Waals surface area contributed by atoms with Crippen LogP contribution in [0.1, 0.15) is 64.9 Å². The van der Waals surface area contributed by atoms with E-state index in [1.807, 2.05) is 0 Å². The third-order valence-corrected chi connectivity index (χ3v) is 4.46. The summed E-state index contributed by atoms with van der Waals surface area (Å²) in [5, 5.41) is 3.73. The minimum atomic E-state index is 0.232. The maximum Gasteiger partial charge on any atom is 0.124 e. The van der Waals surface area contributed by atoms with Crippen molar-refractivity contribution in [3.63, 3.8) is 0 Å². The molecule has 0 radical (unpaired) electrons. The molecule has 1 aromatic rings. The molecule has 0 unspecified atom stereocenters. The number of rotatable bonds is 7. The predicted octanol–water partition coefficient (Wildman–Crippen LogP) is 4.92. The Hall–Kier alpha value is -1.02. The summed E-state index contributed by atoms with van der Waals surface area (Å²) in [6, 6.07) is 9.09. The Morgan fingerprint density at radius 2 is 1.86 bits per heavy atom. The zero-order chi connectivity index (χ0) is 15.1. The summed E-state index contributed by atoms with van der Waals surface area (Å²) in [7, 11) is 0. The fourth-order valence-electron chi connectivity index (χ4n) is 3.34. The summed E-state index contributed by atoms with van der Waals surface area (Å²) < 4.78 is 5.89. The molecule has 1 aliphatic carbocycles. The van der Waals surface area contributed by atoms with E-state index in [0.717, 1.165) is 18.2 Å². The van der Waals surface area contributed by atoms with Gasteiger partial charge in [0.05, 0.1) is 6.10 Å². The molecule has 2 rings (SSSR count). The molecule has 0 bridgehead atoms. The average molecular weight is 289 g/mol. The standard InChI is InChI=1S/C19H31NO/c1-4-7-16-10-12-18(13-11-16)20-14-17-8-5-6-9-19(17)21-15(2)3/h5-6,8-9,15-16,18,20H,4,7,10-14H2,1-3H3. The van der Waals surface area contributed by atoms with Gasteiger partial charge in [-0.25, -0.2) is 0 Å². The number of para-hydroxylation sites is 1. The Labute approximate surface area is 130 Å². The van der Waals surface area contributed by atoms with Crippen LogP contribution in [0, 0.1) is 5.92 Å². The van der Waals surface area contributed by atoms with Gasteiger partial charge in [-0.3, -0.25) is 0 Å².